The van der Waals surface area contributed by atoms with Crippen LogP contribution in [0.2, 0.25) is 0 Å². The lowest BCUT2D eigenvalue weighted by Crippen LogP contribution is -2.23. The van der Waals surface area contributed by atoms with Gasteiger partial charge in [-0.05, 0) is 49.9 Å². The van der Waals surface area contributed by atoms with Crippen LogP contribution in [0.1, 0.15) is 31.5 Å². The Morgan fingerprint density at radius 3 is 2.59 bits per heavy atom. The lowest BCUT2D eigenvalue weighted by atomic mass is 10.3. The third-order valence-corrected chi connectivity index (χ3v) is 5.14. The van der Waals surface area contributed by atoms with Crippen LogP contribution in [0, 0.1) is 0 Å². The smallest absolute Gasteiger partial charge is 0.240 e. The lowest BCUT2D eigenvalue weighted by Gasteiger charge is -2.13. The van der Waals surface area contributed by atoms with E-state index in [2.05, 4.69) is 14.7 Å². The number of benzene rings is 1. The lowest BCUT2D eigenvalue weighted by molar-refractivity contribution is 0.210. The SMILES string of the molecule is O=S(=O)(NCc1ncc[nH]1)c1ccc(OC2CCCC2)cc1. The number of aromatic nitrogens is 2. The molecule has 0 bridgehead atoms. The molecule has 1 saturated carbocycles. The molecule has 0 saturated heterocycles. The number of hydrogen-bond acceptors (Lipinski definition) is 4. The first-order chi connectivity index (χ1) is 10.6. The zero-order valence-electron chi connectivity index (χ0n) is 12.2. The summed E-state index contributed by atoms with van der Waals surface area (Å²) in [5.41, 5.74) is 0. The Balaban J connectivity index is 1.63. The molecule has 1 aliphatic rings. The van der Waals surface area contributed by atoms with E-state index in [9.17, 15) is 8.42 Å². The molecule has 0 atom stereocenters. The van der Waals surface area contributed by atoms with Crippen molar-refractivity contribution in [1.82, 2.24) is 14.7 Å². The van der Waals surface area contributed by atoms with E-state index in [0.29, 0.717) is 5.82 Å². The maximum atomic E-state index is 12.2. The second-order valence-corrected chi connectivity index (χ2v) is 7.12. The summed E-state index contributed by atoms with van der Waals surface area (Å²) in [6.07, 6.45) is 8.05. The molecule has 7 heteroatoms. The van der Waals surface area contributed by atoms with Gasteiger partial charge in [0.2, 0.25) is 10.0 Å². The fourth-order valence-electron chi connectivity index (χ4n) is 2.54. The summed E-state index contributed by atoms with van der Waals surface area (Å²) < 4.78 is 32.7. The Bertz CT molecular complexity index is 690. The van der Waals surface area contributed by atoms with Crippen molar-refractivity contribution < 1.29 is 13.2 Å². The van der Waals surface area contributed by atoms with Crippen LogP contribution in [-0.2, 0) is 16.6 Å². The molecule has 1 heterocycles. The van der Waals surface area contributed by atoms with Gasteiger partial charge in [-0.3, -0.25) is 0 Å². The molecule has 1 aliphatic carbocycles. The van der Waals surface area contributed by atoms with Crippen LogP contribution in [0.25, 0.3) is 0 Å². The summed E-state index contributed by atoms with van der Waals surface area (Å²) in [6, 6.07) is 6.54. The van der Waals surface area contributed by atoms with Crippen LogP contribution in [0.5, 0.6) is 5.75 Å². The molecule has 2 N–H and O–H groups in total. The summed E-state index contributed by atoms with van der Waals surface area (Å²) >= 11 is 0. The summed E-state index contributed by atoms with van der Waals surface area (Å²) in [6.45, 7) is 0.135. The quantitative estimate of drug-likeness (QED) is 0.854. The number of ether oxygens (including phenoxy) is 1. The summed E-state index contributed by atoms with van der Waals surface area (Å²) in [7, 11) is -3.55. The van der Waals surface area contributed by atoms with Gasteiger partial charge in [0.25, 0.3) is 0 Å². The average Bonchev–Trinajstić information content (AvgIpc) is 3.19. The first-order valence-electron chi connectivity index (χ1n) is 7.38. The number of sulfonamides is 1. The number of aromatic amines is 1. The fourth-order valence-corrected chi connectivity index (χ4v) is 3.53. The highest BCUT2D eigenvalue weighted by atomic mass is 32.2. The van der Waals surface area contributed by atoms with E-state index in [1.807, 2.05) is 0 Å². The third kappa shape index (κ3) is 3.66. The highest BCUT2D eigenvalue weighted by Gasteiger charge is 2.18. The van der Waals surface area contributed by atoms with Crippen LogP contribution in [-0.4, -0.2) is 24.5 Å². The van der Waals surface area contributed by atoms with Gasteiger partial charge in [0.05, 0.1) is 17.5 Å². The van der Waals surface area contributed by atoms with Gasteiger partial charge >= 0.3 is 0 Å². The molecule has 0 radical (unpaired) electrons. The van der Waals surface area contributed by atoms with Gasteiger partial charge in [0.15, 0.2) is 0 Å². The second-order valence-electron chi connectivity index (χ2n) is 5.36. The van der Waals surface area contributed by atoms with Gasteiger partial charge < -0.3 is 9.72 Å². The maximum absolute atomic E-state index is 12.2. The van der Waals surface area contributed by atoms with E-state index >= 15 is 0 Å². The Labute approximate surface area is 130 Å². The van der Waals surface area contributed by atoms with Crippen molar-refractivity contribution in [3.8, 4) is 5.75 Å². The minimum absolute atomic E-state index is 0.135. The number of nitrogens with zero attached hydrogens (tertiary/aromatic N) is 1. The molecule has 1 fully saturated rings. The molecular weight excluding hydrogens is 302 g/mol. The molecule has 118 valence electrons. The van der Waals surface area contributed by atoms with E-state index in [1.165, 1.54) is 12.8 Å². The zero-order valence-corrected chi connectivity index (χ0v) is 13.0. The zero-order chi connectivity index (χ0) is 15.4. The Kier molecular flexibility index (Phi) is 4.44. The topological polar surface area (TPSA) is 84.1 Å². The Morgan fingerprint density at radius 1 is 1.23 bits per heavy atom. The van der Waals surface area contributed by atoms with Gasteiger partial charge in [-0.15, -0.1) is 0 Å². The summed E-state index contributed by atoms with van der Waals surface area (Å²) in [5, 5.41) is 0. The number of imidazole rings is 1. The van der Waals surface area contributed by atoms with E-state index in [-0.39, 0.29) is 17.5 Å². The van der Waals surface area contributed by atoms with Crippen molar-refractivity contribution in [2.24, 2.45) is 0 Å². The molecule has 1 aromatic heterocycles. The first kappa shape index (κ1) is 15.1. The first-order valence-corrected chi connectivity index (χ1v) is 8.86. The largest absolute Gasteiger partial charge is 0.490 e. The average molecular weight is 321 g/mol. The molecular formula is C15H19N3O3S. The van der Waals surface area contributed by atoms with Crippen LogP contribution in [0.3, 0.4) is 0 Å². The van der Waals surface area contributed by atoms with Crippen LogP contribution < -0.4 is 9.46 Å². The van der Waals surface area contributed by atoms with Crippen LogP contribution in [0.4, 0.5) is 0 Å². The number of hydrogen-bond donors (Lipinski definition) is 2. The molecule has 2 aromatic rings. The molecule has 0 unspecified atom stereocenters. The molecule has 6 nitrogen and oxygen atoms in total. The molecule has 0 spiro atoms. The molecule has 3 rings (SSSR count). The maximum Gasteiger partial charge on any atom is 0.240 e. The van der Waals surface area contributed by atoms with Crippen molar-refractivity contribution in [3.05, 3.63) is 42.5 Å². The van der Waals surface area contributed by atoms with Crippen LogP contribution in [0.15, 0.2) is 41.6 Å². The fraction of sp³-hybridized carbons (Fsp3) is 0.400. The predicted molar refractivity (Wildman–Crippen MR) is 81.9 cm³/mol. The number of rotatable bonds is 6. The highest BCUT2D eigenvalue weighted by molar-refractivity contribution is 7.89. The van der Waals surface area contributed by atoms with Crippen molar-refractivity contribution >= 4 is 10.0 Å². The monoisotopic (exact) mass is 321 g/mol. The summed E-state index contributed by atoms with van der Waals surface area (Å²) in [5.74, 6) is 1.29. The van der Waals surface area contributed by atoms with Crippen molar-refractivity contribution in [2.75, 3.05) is 0 Å². The van der Waals surface area contributed by atoms with E-state index in [4.69, 9.17) is 4.74 Å². The normalized spacial score (nSPS) is 16.0. The Hall–Kier alpha value is -1.86. The highest BCUT2D eigenvalue weighted by Crippen LogP contribution is 2.24. The molecule has 0 amide bonds. The van der Waals surface area contributed by atoms with Crippen molar-refractivity contribution in [3.63, 3.8) is 0 Å². The van der Waals surface area contributed by atoms with Gasteiger partial charge in [-0.2, -0.15) is 0 Å². The predicted octanol–water partition coefficient (Wildman–Crippen LogP) is 2.21. The van der Waals surface area contributed by atoms with E-state index < -0.39 is 10.0 Å². The minimum atomic E-state index is -3.55. The third-order valence-electron chi connectivity index (χ3n) is 3.72. The van der Waals surface area contributed by atoms with E-state index in [1.54, 1.807) is 36.7 Å². The van der Waals surface area contributed by atoms with Gasteiger partial charge in [-0.1, -0.05) is 0 Å². The standard InChI is InChI=1S/C15H19N3O3S/c19-22(20,18-11-15-16-9-10-17-15)14-7-5-13(6-8-14)21-12-3-1-2-4-12/h5-10,12,18H,1-4,11H2,(H,16,17). The molecule has 1 aromatic carbocycles. The molecule has 0 aliphatic heterocycles. The second kappa shape index (κ2) is 6.50. The molecule has 22 heavy (non-hydrogen) atoms. The minimum Gasteiger partial charge on any atom is -0.490 e. The number of nitrogens with one attached hydrogen (secondary N) is 2. The van der Waals surface area contributed by atoms with Gasteiger partial charge in [0, 0.05) is 12.4 Å². The van der Waals surface area contributed by atoms with Crippen molar-refractivity contribution in [2.45, 2.75) is 43.2 Å². The van der Waals surface area contributed by atoms with E-state index in [0.717, 1.165) is 18.6 Å². The number of H-pyrrole nitrogens is 1. The van der Waals surface area contributed by atoms with Crippen molar-refractivity contribution in [1.29, 1.82) is 0 Å². The Morgan fingerprint density at radius 2 is 1.95 bits per heavy atom. The summed E-state index contributed by atoms with van der Waals surface area (Å²) in [4.78, 5) is 7.05. The van der Waals surface area contributed by atoms with Gasteiger partial charge in [0.1, 0.15) is 11.6 Å². The van der Waals surface area contributed by atoms with Crippen LogP contribution >= 0.6 is 0 Å². The van der Waals surface area contributed by atoms with Gasteiger partial charge in [-0.25, -0.2) is 18.1 Å².